The Morgan fingerprint density at radius 2 is 2.06 bits per heavy atom. The summed E-state index contributed by atoms with van der Waals surface area (Å²) >= 11 is 7.11. The second-order valence-corrected chi connectivity index (χ2v) is 4.34. The lowest BCUT2D eigenvalue weighted by Gasteiger charge is -2.04. The van der Waals surface area contributed by atoms with Crippen LogP contribution in [0.3, 0.4) is 0 Å². The van der Waals surface area contributed by atoms with Crippen LogP contribution in [0.5, 0.6) is 0 Å². The van der Waals surface area contributed by atoms with E-state index in [0.717, 1.165) is 0 Å². The molecule has 88 valence electrons. The monoisotopic (exact) mass is 270 g/mol. The van der Waals surface area contributed by atoms with Gasteiger partial charge in [-0.3, -0.25) is 0 Å². The number of rotatable bonds is 2. The summed E-state index contributed by atoms with van der Waals surface area (Å²) < 4.78 is 13.6. The summed E-state index contributed by atoms with van der Waals surface area (Å²) in [6.45, 7) is 0. The number of aromatic nitrogens is 3. The number of anilines is 1. The Hall–Kier alpha value is -1.40. The number of nitrogens with two attached hydrogens (primary N) is 1. The highest BCUT2D eigenvalue weighted by atomic mass is 35.5. The topological polar surface area (TPSA) is 64.7 Å². The van der Waals surface area contributed by atoms with E-state index in [0.29, 0.717) is 10.2 Å². The van der Waals surface area contributed by atoms with E-state index in [1.54, 1.807) is 6.26 Å². The average Bonchev–Trinajstić information content (AvgIpc) is 2.31. The fraction of sp³-hybridized carbons (Fsp3) is 0.100. The number of halogens is 2. The summed E-state index contributed by atoms with van der Waals surface area (Å²) in [5.74, 6) is -0.215. The number of benzene rings is 1. The molecule has 0 saturated carbocycles. The van der Waals surface area contributed by atoms with Crippen molar-refractivity contribution in [1.29, 1.82) is 0 Å². The minimum atomic E-state index is -0.452. The minimum absolute atomic E-state index is 0.0544. The molecular weight excluding hydrogens is 263 g/mol. The molecule has 1 aromatic carbocycles. The van der Waals surface area contributed by atoms with Gasteiger partial charge in [0.25, 0.3) is 0 Å². The van der Waals surface area contributed by atoms with Gasteiger partial charge in [-0.15, -0.1) is 0 Å². The van der Waals surface area contributed by atoms with Crippen LogP contribution in [0.15, 0.2) is 23.4 Å². The third-order valence-electron chi connectivity index (χ3n) is 1.98. The quantitative estimate of drug-likeness (QED) is 0.850. The standard InChI is InChI=1S/C10H8ClFN4S/c1-17-10-15-8(14-9(13)16-10)6-4-5(11)2-3-7(6)12/h2-4H,1H3,(H2,13,14,15,16). The normalized spacial score (nSPS) is 10.5. The van der Waals surface area contributed by atoms with Crippen LogP contribution < -0.4 is 5.73 Å². The number of thioether (sulfide) groups is 1. The zero-order valence-corrected chi connectivity index (χ0v) is 10.4. The lowest BCUT2D eigenvalue weighted by atomic mass is 10.2. The van der Waals surface area contributed by atoms with Gasteiger partial charge in [-0.1, -0.05) is 23.4 Å². The highest BCUT2D eigenvalue weighted by molar-refractivity contribution is 7.98. The Morgan fingerprint density at radius 3 is 2.76 bits per heavy atom. The maximum absolute atomic E-state index is 13.6. The SMILES string of the molecule is CSc1nc(N)nc(-c2cc(Cl)ccc2F)n1. The van der Waals surface area contributed by atoms with Gasteiger partial charge in [0.15, 0.2) is 11.0 Å². The first-order chi connectivity index (χ1) is 8.10. The maximum atomic E-state index is 13.6. The second-order valence-electron chi connectivity index (χ2n) is 3.13. The number of nitrogens with zero attached hydrogens (tertiary/aromatic N) is 3. The van der Waals surface area contributed by atoms with Crippen molar-refractivity contribution in [3.63, 3.8) is 0 Å². The molecule has 0 bridgehead atoms. The van der Waals surface area contributed by atoms with E-state index < -0.39 is 5.82 Å². The molecule has 1 heterocycles. The van der Waals surface area contributed by atoms with E-state index in [4.69, 9.17) is 17.3 Å². The molecule has 0 spiro atoms. The molecule has 0 radical (unpaired) electrons. The molecule has 7 heteroatoms. The van der Waals surface area contributed by atoms with E-state index in [2.05, 4.69) is 15.0 Å². The summed E-state index contributed by atoms with van der Waals surface area (Å²) in [5.41, 5.74) is 5.74. The molecule has 4 nitrogen and oxygen atoms in total. The van der Waals surface area contributed by atoms with Gasteiger partial charge in [-0.2, -0.15) is 9.97 Å². The van der Waals surface area contributed by atoms with Crippen molar-refractivity contribution >= 4 is 29.3 Å². The first-order valence-electron chi connectivity index (χ1n) is 4.61. The molecule has 0 fully saturated rings. The van der Waals surface area contributed by atoms with E-state index in [9.17, 15) is 4.39 Å². The van der Waals surface area contributed by atoms with Crippen LogP contribution in [0.2, 0.25) is 5.02 Å². The van der Waals surface area contributed by atoms with Crippen molar-refractivity contribution in [1.82, 2.24) is 15.0 Å². The van der Waals surface area contributed by atoms with Gasteiger partial charge in [-0.05, 0) is 24.5 Å². The van der Waals surface area contributed by atoms with Crippen molar-refractivity contribution in [2.75, 3.05) is 12.0 Å². The fourth-order valence-electron chi connectivity index (χ4n) is 1.25. The summed E-state index contributed by atoms with van der Waals surface area (Å²) in [6, 6.07) is 4.17. The average molecular weight is 271 g/mol. The Labute approximate surface area is 106 Å². The molecule has 1 aromatic heterocycles. The number of nitrogen functional groups attached to an aromatic ring is 1. The fourth-order valence-corrected chi connectivity index (χ4v) is 1.79. The Morgan fingerprint density at radius 1 is 1.29 bits per heavy atom. The van der Waals surface area contributed by atoms with E-state index >= 15 is 0 Å². The van der Waals surface area contributed by atoms with E-state index in [1.165, 1.54) is 30.0 Å². The van der Waals surface area contributed by atoms with Crippen LogP contribution >= 0.6 is 23.4 Å². The van der Waals surface area contributed by atoms with Crippen LogP contribution in [0.1, 0.15) is 0 Å². The summed E-state index contributed by atoms with van der Waals surface area (Å²) in [4.78, 5) is 11.9. The molecule has 0 atom stereocenters. The van der Waals surface area contributed by atoms with E-state index in [1.807, 2.05) is 0 Å². The van der Waals surface area contributed by atoms with Gasteiger partial charge in [0.05, 0.1) is 5.56 Å². The molecule has 2 N–H and O–H groups in total. The summed E-state index contributed by atoms with van der Waals surface area (Å²) in [6.07, 6.45) is 1.80. The number of hydrogen-bond donors (Lipinski definition) is 1. The smallest absolute Gasteiger partial charge is 0.224 e. The molecule has 0 aliphatic rings. The first-order valence-corrected chi connectivity index (χ1v) is 6.21. The van der Waals surface area contributed by atoms with Gasteiger partial charge >= 0.3 is 0 Å². The highest BCUT2D eigenvalue weighted by Crippen LogP contribution is 2.24. The highest BCUT2D eigenvalue weighted by Gasteiger charge is 2.11. The zero-order chi connectivity index (χ0) is 12.4. The molecule has 0 saturated heterocycles. The summed E-state index contributed by atoms with van der Waals surface area (Å²) in [7, 11) is 0. The van der Waals surface area contributed by atoms with Gasteiger partial charge in [0.2, 0.25) is 5.95 Å². The predicted molar refractivity (Wildman–Crippen MR) is 66.4 cm³/mol. The van der Waals surface area contributed by atoms with Crippen LogP contribution in [0.4, 0.5) is 10.3 Å². The zero-order valence-electron chi connectivity index (χ0n) is 8.82. The van der Waals surface area contributed by atoms with Gasteiger partial charge in [0, 0.05) is 5.02 Å². The molecule has 0 amide bonds. The minimum Gasteiger partial charge on any atom is -0.368 e. The molecular formula is C10H8ClFN4S. The van der Waals surface area contributed by atoms with Crippen LogP contribution in [0, 0.1) is 5.82 Å². The second kappa shape index (κ2) is 4.85. The first kappa shape index (κ1) is 12.1. The molecule has 2 rings (SSSR count). The van der Waals surface area contributed by atoms with Crippen molar-refractivity contribution in [3.05, 3.63) is 29.0 Å². The Kier molecular flexibility index (Phi) is 3.44. The molecule has 0 unspecified atom stereocenters. The van der Waals surface area contributed by atoms with Crippen molar-refractivity contribution in [3.8, 4) is 11.4 Å². The van der Waals surface area contributed by atoms with Gasteiger partial charge in [0.1, 0.15) is 5.82 Å². The lowest BCUT2D eigenvalue weighted by Crippen LogP contribution is -2.02. The Bertz CT molecular complexity index is 564. The third kappa shape index (κ3) is 2.65. The van der Waals surface area contributed by atoms with Crippen LogP contribution in [-0.4, -0.2) is 21.2 Å². The van der Waals surface area contributed by atoms with Gasteiger partial charge < -0.3 is 5.73 Å². The van der Waals surface area contributed by atoms with Gasteiger partial charge in [-0.25, -0.2) is 9.37 Å². The predicted octanol–water partition coefficient (Wildman–Crippen LogP) is 2.64. The molecule has 2 aromatic rings. The summed E-state index contributed by atoms with van der Waals surface area (Å²) in [5, 5.41) is 0.845. The van der Waals surface area contributed by atoms with Crippen molar-refractivity contribution < 1.29 is 4.39 Å². The van der Waals surface area contributed by atoms with Crippen LogP contribution in [0.25, 0.3) is 11.4 Å². The van der Waals surface area contributed by atoms with E-state index in [-0.39, 0.29) is 17.3 Å². The number of hydrogen-bond acceptors (Lipinski definition) is 5. The van der Waals surface area contributed by atoms with Crippen LogP contribution in [-0.2, 0) is 0 Å². The van der Waals surface area contributed by atoms with Crippen molar-refractivity contribution in [2.24, 2.45) is 0 Å². The Balaban J connectivity index is 2.59. The largest absolute Gasteiger partial charge is 0.368 e. The molecule has 0 aliphatic heterocycles. The molecule has 17 heavy (non-hydrogen) atoms. The van der Waals surface area contributed by atoms with Crippen molar-refractivity contribution in [2.45, 2.75) is 5.16 Å². The maximum Gasteiger partial charge on any atom is 0.224 e. The lowest BCUT2D eigenvalue weighted by molar-refractivity contribution is 0.629. The molecule has 0 aliphatic carbocycles. The third-order valence-corrected chi connectivity index (χ3v) is 2.77.